The second-order valence-corrected chi connectivity index (χ2v) is 9.43. The number of hydrogen-bond donors (Lipinski definition) is 1. The standard InChI is InChI=1S/C25H24Cl2F3N3O2/c1-15(21-9-8-19(27)13-31-21)20(16-5-4-6-18(26)11-16)14-33-23(34)24(2,3)35-22-10-7-17(12-32-22)25(28,29)30/h4-13,15,20H,14H2,1-3H3,(H,33,34). The van der Waals surface area contributed by atoms with Crippen molar-refractivity contribution in [2.24, 2.45) is 0 Å². The number of ether oxygens (including phenoxy) is 1. The second kappa shape index (κ2) is 10.8. The number of alkyl halides is 3. The summed E-state index contributed by atoms with van der Waals surface area (Å²) in [6.07, 6.45) is -2.28. The van der Waals surface area contributed by atoms with Crippen molar-refractivity contribution < 1.29 is 22.7 Å². The van der Waals surface area contributed by atoms with Crippen LogP contribution in [0.15, 0.2) is 60.9 Å². The molecule has 0 aliphatic carbocycles. The Morgan fingerprint density at radius 1 is 1.03 bits per heavy atom. The molecule has 0 saturated heterocycles. The summed E-state index contributed by atoms with van der Waals surface area (Å²) in [5.41, 5.74) is -0.600. The monoisotopic (exact) mass is 525 g/mol. The minimum atomic E-state index is -4.51. The molecule has 3 aromatic rings. The average Bonchev–Trinajstić information content (AvgIpc) is 2.79. The van der Waals surface area contributed by atoms with Gasteiger partial charge in [-0.2, -0.15) is 13.2 Å². The summed E-state index contributed by atoms with van der Waals surface area (Å²) in [7, 11) is 0. The van der Waals surface area contributed by atoms with Crippen LogP contribution in [-0.2, 0) is 11.0 Å². The van der Waals surface area contributed by atoms with Crippen molar-refractivity contribution in [2.75, 3.05) is 6.54 Å². The Morgan fingerprint density at radius 3 is 2.34 bits per heavy atom. The first-order chi connectivity index (χ1) is 16.4. The number of rotatable bonds is 8. The van der Waals surface area contributed by atoms with Crippen molar-refractivity contribution in [3.63, 3.8) is 0 Å². The highest BCUT2D eigenvalue weighted by molar-refractivity contribution is 6.30. The van der Waals surface area contributed by atoms with Gasteiger partial charge < -0.3 is 10.1 Å². The topological polar surface area (TPSA) is 64.1 Å². The summed E-state index contributed by atoms with van der Waals surface area (Å²) in [4.78, 5) is 21.1. The molecule has 0 fully saturated rings. The lowest BCUT2D eigenvalue weighted by Crippen LogP contribution is -2.48. The van der Waals surface area contributed by atoms with Crippen molar-refractivity contribution >= 4 is 29.1 Å². The van der Waals surface area contributed by atoms with Gasteiger partial charge in [-0.05, 0) is 49.7 Å². The zero-order valence-corrected chi connectivity index (χ0v) is 20.7. The number of amides is 1. The Balaban J connectivity index is 1.75. The highest BCUT2D eigenvalue weighted by Crippen LogP contribution is 2.33. The second-order valence-electron chi connectivity index (χ2n) is 8.56. The van der Waals surface area contributed by atoms with Crippen LogP contribution in [0.2, 0.25) is 10.0 Å². The van der Waals surface area contributed by atoms with Crippen LogP contribution in [0.1, 0.15) is 49.4 Å². The molecule has 1 aromatic carbocycles. The summed E-state index contributed by atoms with van der Waals surface area (Å²) in [5, 5.41) is 3.97. The SMILES string of the molecule is CC(c1ccc(Cl)cn1)C(CNC(=O)C(C)(C)Oc1ccc(C(F)(F)F)cn1)c1cccc(Cl)c1. The predicted molar refractivity (Wildman–Crippen MR) is 129 cm³/mol. The molecular formula is C25H24Cl2F3N3O2. The number of carbonyl (C=O) groups excluding carboxylic acids is 1. The fourth-order valence-corrected chi connectivity index (χ4v) is 3.83. The van der Waals surface area contributed by atoms with Gasteiger partial charge in [0.05, 0.1) is 10.6 Å². The van der Waals surface area contributed by atoms with Crippen LogP contribution in [0, 0.1) is 0 Å². The van der Waals surface area contributed by atoms with E-state index < -0.39 is 23.2 Å². The van der Waals surface area contributed by atoms with Gasteiger partial charge in [-0.3, -0.25) is 9.78 Å². The molecule has 2 aromatic heterocycles. The van der Waals surface area contributed by atoms with E-state index in [0.717, 1.165) is 23.4 Å². The van der Waals surface area contributed by atoms with Crippen LogP contribution >= 0.6 is 23.2 Å². The Morgan fingerprint density at radius 2 is 1.77 bits per heavy atom. The van der Waals surface area contributed by atoms with Crippen LogP contribution in [0.3, 0.4) is 0 Å². The molecule has 5 nitrogen and oxygen atoms in total. The highest BCUT2D eigenvalue weighted by atomic mass is 35.5. The van der Waals surface area contributed by atoms with Crippen molar-refractivity contribution in [2.45, 2.75) is 44.4 Å². The molecule has 186 valence electrons. The van der Waals surface area contributed by atoms with Crippen LogP contribution in [0.5, 0.6) is 5.88 Å². The van der Waals surface area contributed by atoms with Gasteiger partial charge in [0.1, 0.15) is 0 Å². The van der Waals surface area contributed by atoms with E-state index in [-0.39, 0.29) is 24.3 Å². The van der Waals surface area contributed by atoms with E-state index in [4.69, 9.17) is 27.9 Å². The molecule has 0 saturated carbocycles. The fraction of sp³-hybridized carbons (Fsp3) is 0.320. The van der Waals surface area contributed by atoms with Crippen LogP contribution in [0.25, 0.3) is 0 Å². The zero-order chi connectivity index (χ0) is 25.8. The van der Waals surface area contributed by atoms with E-state index in [0.29, 0.717) is 16.2 Å². The number of halogens is 5. The summed E-state index contributed by atoms with van der Waals surface area (Å²) in [6.45, 7) is 5.25. The number of carbonyl (C=O) groups is 1. The third-order valence-electron chi connectivity index (χ3n) is 5.55. The molecule has 1 N–H and O–H groups in total. The third-order valence-corrected chi connectivity index (χ3v) is 6.01. The predicted octanol–water partition coefficient (Wildman–Crippen LogP) is 6.66. The van der Waals surface area contributed by atoms with E-state index in [1.54, 1.807) is 18.3 Å². The molecule has 2 heterocycles. The largest absolute Gasteiger partial charge is 0.462 e. The van der Waals surface area contributed by atoms with Gasteiger partial charge in [0, 0.05) is 47.6 Å². The lowest BCUT2D eigenvalue weighted by atomic mass is 9.84. The molecular weight excluding hydrogens is 502 g/mol. The maximum atomic E-state index is 13.0. The minimum Gasteiger partial charge on any atom is -0.462 e. The molecule has 35 heavy (non-hydrogen) atoms. The van der Waals surface area contributed by atoms with Gasteiger partial charge in [-0.25, -0.2) is 4.98 Å². The van der Waals surface area contributed by atoms with Gasteiger partial charge in [-0.15, -0.1) is 0 Å². The molecule has 0 spiro atoms. The summed E-state index contributed by atoms with van der Waals surface area (Å²) in [6, 6.07) is 12.9. The maximum Gasteiger partial charge on any atom is 0.417 e. The van der Waals surface area contributed by atoms with Gasteiger partial charge in [0.2, 0.25) is 5.88 Å². The van der Waals surface area contributed by atoms with Crippen LogP contribution in [-0.4, -0.2) is 28.0 Å². The fourth-order valence-electron chi connectivity index (χ4n) is 3.51. The smallest absolute Gasteiger partial charge is 0.417 e. The Labute approximate surface area is 211 Å². The van der Waals surface area contributed by atoms with E-state index in [1.807, 2.05) is 31.2 Å². The van der Waals surface area contributed by atoms with Gasteiger partial charge >= 0.3 is 6.18 Å². The van der Waals surface area contributed by atoms with Crippen molar-refractivity contribution in [1.29, 1.82) is 0 Å². The van der Waals surface area contributed by atoms with Crippen molar-refractivity contribution in [3.05, 3.63) is 87.8 Å². The highest BCUT2D eigenvalue weighted by Gasteiger charge is 2.34. The number of hydrogen-bond acceptors (Lipinski definition) is 4. The number of benzene rings is 1. The average molecular weight is 526 g/mol. The number of nitrogens with one attached hydrogen (secondary N) is 1. The minimum absolute atomic E-state index is 0.0942. The zero-order valence-electron chi connectivity index (χ0n) is 19.2. The first-order valence-electron chi connectivity index (χ1n) is 10.7. The summed E-state index contributed by atoms with van der Waals surface area (Å²) in [5.74, 6) is -0.844. The molecule has 1 amide bonds. The van der Waals surface area contributed by atoms with E-state index in [2.05, 4.69) is 15.3 Å². The maximum absolute atomic E-state index is 13.0. The van der Waals surface area contributed by atoms with E-state index in [9.17, 15) is 18.0 Å². The van der Waals surface area contributed by atoms with Crippen molar-refractivity contribution in [3.8, 4) is 5.88 Å². The molecule has 2 atom stereocenters. The number of aromatic nitrogens is 2. The lowest BCUT2D eigenvalue weighted by molar-refractivity contribution is -0.138. The molecule has 2 unspecified atom stereocenters. The Hall–Kier alpha value is -2.84. The van der Waals surface area contributed by atoms with E-state index >= 15 is 0 Å². The van der Waals surface area contributed by atoms with E-state index in [1.165, 1.54) is 13.8 Å². The summed E-state index contributed by atoms with van der Waals surface area (Å²) >= 11 is 12.2. The van der Waals surface area contributed by atoms with Crippen LogP contribution in [0.4, 0.5) is 13.2 Å². The first-order valence-corrected chi connectivity index (χ1v) is 11.5. The summed E-state index contributed by atoms with van der Waals surface area (Å²) < 4.78 is 43.9. The molecule has 0 aliphatic rings. The van der Waals surface area contributed by atoms with Crippen molar-refractivity contribution in [1.82, 2.24) is 15.3 Å². The van der Waals surface area contributed by atoms with Gasteiger partial charge in [0.25, 0.3) is 5.91 Å². The number of pyridine rings is 2. The normalized spacial score (nSPS) is 13.7. The Kier molecular flexibility index (Phi) is 8.28. The van der Waals surface area contributed by atoms with Gasteiger partial charge in [0.15, 0.2) is 5.60 Å². The lowest BCUT2D eigenvalue weighted by Gasteiger charge is -2.28. The van der Waals surface area contributed by atoms with Crippen LogP contribution < -0.4 is 10.1 Å². The molecule has 3 rings (SSSR count). The molecule has 0 aliphatic heterocycles. The number of nitrogens with zero attached hydrogens (tertiary/aromatic N) is 2. The molecule has 0 radical (unpaired) electrons. The molecule has 10 heteroatoms. The first kappa shape index (κ1) is 26.8. The molecule has 0 bridgehead atoms. The Bertz CT molecular complexity index is 1150. The quantitative estimate of drug-likeness (QED) is 0.357. The van der Waals surface area contributed by atoms with Gasteiger partial charge in [-0.1, -0.05) is 42.3 Å². The third kappa shape index (κ3) is 7.08.